The van der Waals surface area contributed by atoms with E-state index in [0.717, 1.165) is 44.7 Å². The Kier molecular flexibility index (Phi) is 6.27. The number of fused-ring (bicyclic) bond motifs is 1. The molecule has 8 heteroatoms. The van der Waals surface area contributed by atoms with Crippen LogP contribution in [0.25, 0.3) is 16.7 Å². The van der Waals surface area contributed by atoms with Crippen LogP contribution in [0.15, 0.2) is 53.7 Å². The minimum Gasteiger partial charge on any atom is -0.494 e. The molecule has 160 valence electrons. The van der Waals surface area contributed by atoms with Crippen molar-refractivity contribution in [3.8, 4) is 11.4 Å². The first kappa shape index (κ1) is 21.0. The van der Waals surface area contributed by atoms with E-state index < -0.39 is 0 Å². The van der Waals surface area contributed by atoms with Gasteiger partial charge in [0.1, 0.15) is 5.75 Å². The minimum absolute atomic E-state index is 0.0407. The highest BCUT2D eigenvalue weighted by Gasteiger charge is 2.15. The van der Waals surface area contributed by atoms with E-state index in [1.807, 2.05) is 74.0 Å². The highest BCUT2D eigenvalue weighted by Crippen LogP contribution is 2.25. The maximum Gasteiger partial charge on any atom is 0.225 e. The van der Waals surface area contributed by atoms with Crippen molar-refractivity contribution in [1.29, 1.82) is 0 Å². The monoisotopic (exact) mass is 435 g/mol. The van der Waals surface area contributed by atoms with Gasteiger partial charge in [0.25, 0.3) is 0 Å². The van der Waals surface area contributed by atoms with Crippen LogP contribution in [0.3, 0.4) is 0 Å². The van der Waals surface area contributed by atoms with E-state index in [-0.39, 0.29) is 5.91 Å². The van der Waals surface area contributed by atoms with Crippen LogP contribution in [0, 0.1) is 13.8 Å². The molecule has 0 saturated heterocycles. The van der Waals surface area contributed by atoms with Gasteiger partial charge in [-0.3, -0.25) is 4.79 Å². The molecule has 0 radical (unpaired) electrons. The van der Waals surface area contributed by atoms with E-state index in [9.17, 15) is 4.79 Å². The van der Waals surface area contributed by atoms with Crippen molar-refractivity contribution in [2.45, 2.75) is 32.3 Å². The van der Waals surface area contributed by atoms with E-state index in [1.165, 1.54) is 11.8 Å². The first-order valence-electron chi connectivity index (χ1n) is 10.2. The lowest BCUT2D eigenvalue weighted by atomic mass is 10.3. The number of nitrogens with one attached hydrogen (secondary N) is 2. The van der Waals surface area contributed by atoms with E-state index in [1.54, 1.807) is 0 Å². The van der Waals surface area contributed by atoms with Crippen molar-refractivity contribution in [1.82, 2.24) is 19.7 Å². The Bertz CT molecular complexity index is 1200. The molecule has 2 aromatic heterocycles. The molecule has 0 fully saturated rings. The molecule has 0 aliphatic rings. The zero-order valence-electron chi connectivity index (χ0n) is 17.8. The van der Waals surface area contributed by atoms with E-state index >= 15 is 0 Å². The number of ether oxygens (including phenoxy) is 1. The zero-order chi connectivity index (χ0) is 21.8. The molecule has 2 heterocycles. The molecule has 4 aromatic rings. The Morgan fingerprint density at radius 2 is 2.00 bits per heavy atom. The third-order valence-electron chi connectivity index (χ3n) is 4.87. The predicted octanol–water partition coefficient (Wildman–Crippen LogP) is 4.89. The van der Waals surface area contributed by atoms with Gasteiger partial charge >= 0.3 is 0 Å². The van der Waals surface area contributed by atoms with Crippen molar-refractivity contribution < 1.29 is 9.53 Å². The van der Waals surface area contributed by atoms with Gasteiger partial charge in [-0.05, 0) is 45.0 Å². The van der Waals surface area contributed by atoms with Gasteiger partial charge < -0.3 is 15.0 Å². The molecule has 7 nitrogen and oxygen atoms in total. The average Bonchev–Trinajstić information content (AvgIpc) is 3.29. The van der Waals surface area contributed by atoms with Crippen LogP contribution in [0.4, 0.5) is 5.69 Å². The highest BCUT2D eigenvalue weighted by atomic mass is 32.2. The van der Waals surface area contributed by atoms with Crippen molar-refractivity contribution in [3.05, 3.63) is 59.9 Å². The number of amides is 1. The minimum atomic E-state index is -0.0407. The Balaban J connectivity index is 1.36. The van der Waals surface area contributed by atoms with Crippen molar-refractivity contribution >= 4 is 34.4 Å². The van der Waals surface area contributed by atoms with E-state index in [4.69, 9.17) is 4.74 Å². The molecule has 0 spiro atoms. The number of aromatic amines is 1. The second kappa shape index (κ2) is 9.26. The van der Waals surface area contributed by atoms with Gasteiger partial charge in [0, 0.05) is 18.2 Å². The van der Waals surface area contributed by atoms with Gasteiger partial charge in [-0.2, -0.15) is 5.10 Å². The summed E-state index contributed by atoms with van der Waals surface area (Å²) in [7, 11) is 0. The summed E-state index contributed by atoms with van der Waals surface area (Å²) in [6.07, 6.45) is 0.376. The smallest absolute Gasteiger partial charge is 0.225 e. The fourth-order valence-corrected chi connectivity index (χ4v) is 4.20. The lowest BCUT2D eigenvalue weighted by Crippen LogP contribution is -2.13. The zero-order valence-corrected chi connectivity index (χ0v) is 18.6. The number of rotatable bonds is 8. The van der Waals surface area contributed by atoms with Gasteiger partial charge in [0.05, 0.1) is 40.4 Å². The normalized spacial score (nSPS) is 11.1. The van der Waals surface area contributed by atoms with Crippen molar-refractivity contribution in [3.63, 3.8) is 0 Å². The molecule has 4 rings (SSSR count). The maximum absolute atomic E-state index is 12.5. The molecule has 0 aliphatic heterocycles. The average molecular weight is 436 g/mol. The lowest BCUT2D eigenvalue weighted by Gasteiger charge is -2.07. The highest BCUT2D eigenvalue weighted by molar-refractivity contribution is 7.99. The standard InChI is InChI=1S/C23H25N5O2S/c1-4-30-18-10-11-19-20(14-18)25-23(24-19)31-13-12-21(29)26-22-15(2)27-28(16(22)3)17-8-6-5-7-9-17/h5-11,14H,4,12-13H2,1-3H3,(H,24,25)(H,26,29). The van der Waals surface area contributed by atoms with Crippen LogP contribution in [0.2, 0.25) is 0 Å². The number of aryl methyl sites for hydroxylation is 1. The fraction of sp³-hybridized carbons (Fsp3) is 0.261. The van der Waals surface area contributed by atoms with Crippen molar-refractivity contribution in [2.24, 2.45) is 0 Å². The molecular weight excluding hydrogens is 410 g/mol. The number of hydrogen-bond donors (Lipinski definition) is 2. The molecular formula is C23H25N5O2S. The Labute approximate surface area is 185 Å². The van der Waals surface area contributed by atoms with Gasteiger partial charge in [-0.25, -0.2) is 9.67 Å². The molecule has 2 aromatic carbocycles. The molecule has 0 saturated carbocycles. The number of hydrogen-bond acceptors (Lipinski definition) is 5. The Morgan fingerprint density at radius 1 is 1.19 bits per heavy atom. The van der Waals surface area contributed by atoms with Gasteiger partial charge in [-0.1, -0.05) is 30.0 Å². The quantitative estimate of drug-likeness (QED) is 0.385. The van der Waals surface area contributed by atoms with E-state index in [2.05, 4.69) is 20.4 Å². The molecule has 2 N–H and O–H groups in total. The molecule has 0 atom stereocenters. The van der Waals surface area contributed by atoms with Crippen LogP contribution < -0.4 is 10.1 Å². The summed E-state index contributed by atoms with van der Waals surface area (Å²) < 4.78 is 7.38. The number of H-pyrrole nitrogens is 1. The Morgan fingerprint density at radius 3 is 2.77 bits per heavy atom. The first-order valence-corrected chi connectivity index (χ1v) is 11.2. The summed E-state index contributed by atoms with van der Waals surface area (Å²) in [5.74, 6) is 1.40. The van der Waals surface area contributed by atoms with Crippen LogP contribution >= 0.6 is 11.8 Å². The number of imidazole rings is 1. The van der Waals surface area contributed by atoms with E-state index in [0.29, 0.717) is 18.8 Å². The SMILES string of the molecule is CCOc1ccc2nc(SCCC(=O)Nc3c(C)nn(-c4ccccc4)c3C)[nH]c2c1. The third kappa shape index (κ3) is 4.74. The first-order chi connectivity index (χ1) is 15.0. The molecule has 31 heavy (non-hydrogen) atoms. The van der Waals surface area contributed by atoms with Crippen LogP contribution in [-0.4, -0.2) is 38.0 Å². The molecule has 0 bridgehead atoms. The second-order valence-electron chi connectivity index (χ2n) is 7.09. The fourth-order valence-electron chi connectivity index (χ4n) is 3.38. The number of benzene rings is 2. The second-order valence-corrected chi connectivity index (χ2v) is 8.18. The number of nitrogens with zero attached hydrogens (tertiary/aromatic N) is 3. The van der Waals surface area contributed by atoms with Gasteiger partial charge in [0.15, 0.2) is 5.16 Å². The van der Waals surface area contributed by atoms with Crippen LogP contribution in [0.5, 0.6) is 5.75 Å². The molecule has 0 aliphatic carbocycles. The molecule has 0 unspecified atom stereocenters. The summed E-state index contributed by atoms with van der Waals surface area (Å²) >= 11 is 1.53. The number of anilines is 1. The van der Waals surface area contributed by atoms with Crippen LogP contribution in [0.1, 0.15) is 24.7 Å². The third-order valence-corrected chi connectivity index (χ3v) is 5.74. The number of para-hydroxylation sites is 1. The maximum atomic E-state index is 12.5. The summed E-state index contributed by atoms with van der Waals surface area (Å²) in [5, 5.41) is 8.39. The lowest BCUT2D eigenvalue weighted by molar-refractivity contribution is -0.115. The summed E-state index contributed by atoms with van der Waals surface area (Å²) in [6.45, 7) is 6.45. The molecule has 1 amide bonds. The van der Waals surface area contributed by atoms with Crippen molar-refractivity contribution in [2.75, 3.05) is 17.7 Å². The largest absolute Gasteiger partial charge is 0.494 e. The van der Waals surface area contributed by atoms with Gasteiger partial charge in [-0.15, -0.1) is 0 Å². The number of carbonyl (C=O) groups is 1. The Hall–Kier alpha value is -3.26. The number of carbonyl (C=O) groups excluding carboxylic acids is 1. The number of thioether (sulfide) groups is 1. The topological polar surface area (TPSA) is 84.8 Å². The number of aromatic nitrogens is 4. The van der Waals surface area contributed by atoms with Crippen LogP contribution in [-0.2, 0) is 4.79 Å². The summed E-state index contributed by atoms with van der Waals surface area (Å²) in [5.41, 5.74) is 5.26. The predicted molar refractivity (Wildman–Crippen MR) is 124 cm³/mol. The summed E-state index contributed by atoms with van der Waals surface area (Å²) in [4.78, 5) is 20.4. The van der Waals surface area contributed by atoms with Gasteiger partial charge in [0.2, 0.25) is 5.91 Å². The summed E-state index contributed by atoms with van der Waals surface area (Å²) in [6, 6.07) is 15.7.